The Bertz CT molecular complexity index is 582. The molecule has 0 fully saturated rings. The van der Waals surface area contributed by atoms with Crippen LogP contribution in [0.5, 0.6) is 0 Å². The van der Waals surface area contributed by atoms with E-state index in [4.69, 9.17) is 5.73 Å². The van der Waals surface area contributed by atoms with Crippen LogP contribution in [0.4, 0.5) is 0 Å². The third-order valence-corrected chi connectivity index (χ3v) is 4.81. The molecule has 0 bridgehead atoms. The lowest BCUT2D eigenvalue weighted by Crippen LogP contribution is -2.51. The fourth-order valence-corrected chi connectivity index (χ4v) is 3.71. The summed E-state index contributed by atoms with van der Waals surface area (Å²) in [5, 5.41) is 1.18. The molecule has 1 aromatic rings. The molecule has 0 aromatic heterocycles. The van der Waals surface area contributed by atoms with Crippen molar-refractivity contribution < 1.29 is 8.42 Å². The third-order valence-electron chi connectivity index (χ3n) is 3.01. The first-order chi connectivity index (χ1) is 9.66. The molecule has 0 aliphatic heterocycles. The van der Waals surface area contributed by atoms with Crippen LogP contribution in [0.2, 0.25) is 0 Å². The predicted octanol–water partition coefficient (Wildman–Crippen LogP) is 3.10. The van der Waals surface area contributed by atoms with E-state index in [0.29, 0.717) is 12.3 Å². The van der Waals surface area contributed by atoms with Crippen LogP contribution in [0, 0.1) is 5.92 Å². The lowest BCUT2D eigenvalue weighted by Gasteiger charge is -2.30. The Kier molecular flexibility index (Phi) is 6.59. The van der Waals surface area contributed by atoms with Crippen LogP contribution < -0.4 is 10.5 Å². The minimum absolute atomic E-state index is 0.260. The van der Waals surface area contributed by atoms with E-state index in [1.165, 1.54) is 5.41 Å². The molecule has 1 aromatic carbocycles. The van der Waals surface area contributed by atoms with Gasteiger partial charge in [0, 0.05) is 22.0 Å². The molecule has 21 heavy (non-hydrogen) atoms. The monoisotopic (exact) mass is 374 g/mol. The number of rotatable bonds is 7. The molecule has 1 rings (SSSR count). The number of halogens is 1. The summed E-state index contributed by atoms with van der Waals surface area (Å²) in [4.78, 5) is 0. The summed E-state index contributed by atoms with van der Waals surface area (Å²) >= 11 is 3.34. The predicted molar refractivity (Wildman–Crippen MR) is 92.1 cm³/mol. The largest absolute Gasteiger partial charge is 0.329 e. The molecule has 1 atom stereocenters. The van der Waals surface area contributed by atoms with Gasteiger partial charge in [0.25, 0.3) is 0 Å². The fraction of sp³-hybridized carbons (Fsp3) is 0.467. The van der Waals surface area contributed by atoms with Crippen LogP contribution in [0.25, 0.3) is 6.08 Å². The molecule has 0 aliphatic carbocycles. The summed E-state index contributed by atoms with van der Waals surface area (Å²) in [6, 6.07) is 7.41. The van der Waals surface area contributed by atoms with Crippen molar-refractivity contribution in [3.63, 3.8) is 0 Å². The van der Waals surface area contributed by atoms with E-state index in [-0.39, 0.29) is 6.54 Å². The topological polar surface area (TPSA) is 72.2 Å². The van der Waals surface area contributed by atoms with Crippen LogP contribution in [0.1, 0.15) is 32.8 Å². The second-order valence-electron chi connectivity index (χ2n) is 5.86. The molecule has 0 spiro atoms. The maximum Gasteiger partial charge on any atom is 0.234 e. The second kappa shape index (κ2) is 7.54. The zero-order valence-electron chi connectivity index (χ0n) is 12.6. The molecule has 0 radical (unpaired) electrons. The average molecular weight is 375 g/mol. The van der Waals surface area contributed by atoms with Gasteiger partial charge in [-0.25, -0.2) is 13.1 Å². The SMILES string of the molecule is CC(C)CC(C)(CN)NS(=O)(=O)/C=C/c1ccc(Br)cc1. The zero-order valence-corrected chi connectivity index (χ0v) is 15.0. The van der Waals surface area contributed by atoms with E-state index >= 15 is 0 Å². The normalized spacial score (nSPS) is 15.5. The summed E-state index contributed by atoms with van der Waals surface area (Å²) in [7, 11) is -3.53. The average Bonchev–Trinajstić information content (AvgIpc) is 2.36. The summed E-state index contributed by atoms with van der Waals surface area (Å²) in [6.45, 7) is 6.17. The number of sulfonamides is 1. The lowest BCUT2D eigenvalue weighted by atomic mass is 9.92. The van der Waals surface area contributed by atoms with Crippen molar-refractivity contribution in [3.05, 3.63) is 39.7 Å². The summed E-state index contributed by atoms with van der Waals surface area (Å²) in [5.74, 6) is 0.358. The molecule has 1 unspecified atom stereocenters. The molecule has 118 valence electrons. The Balaban J connectivity index is 2.83. The van der Waals surface area contributed by atoms with Gasteiger partial charge >= 0.3 is 0 Å². The Morgan fingerprint density at radius 2 is 1.90 bits per heavy atom. The quantitative estimate of drug-likeness (QED) is 0.769. The third kappa shape index (κ3) is 6.74. The smallest absolute Gasteiger partial charge is 0.234 e. The minimum Gasteiger partial charge on any atom is -0.329 e. The van der Waals surface area contributed by atoms with Crippen molar-refractivity contribution in [2.24, 2.45) is 11.7 Å². The number of nitrogens with one attached hydrogen (secondary N) is 1. The van der Waals surface area contributed by atoms with E-state index in [0.717, 1.165) is 10.0 Å². The molecule has 0 saturated carbocycles. The molecule has 0 heterocycles. The van der Waals surface area contributed by atoms with E-state index in [1.54, 1.807) is 6.08 Å². The molecule has 0 aliphatic rings. The highest BCUT2D eigenvalue weighted by atomic mass is 79.9. The molecule has 3 N–H and O–H groups in total. The fourth-order valence-electron chi connectivity index (χ4n) is 2.19. The first kappa shape index (κ1) is 18.4. The van der Waals surface area contributed by atoms with Gasteiger partial charge in [0.1, 0.15) is 0 Å². The molecule has 0 amide bonds. The molecular weight excluding hydrogens is 352 g/mol. The number of hydrogen-bond acceptors (Lipinski definition) is 3. The van der Waals surface area contributed by atoms with Crippen LogP contribution >= 0.6 is 15.9 Å². The highest BCUT2D eigenvalue weighted by Crippen LogP contribution is 2.17. The van der Waals surface area contributed by atoms with Gasteiger partial charge in [-0.05, 0) is 43.0 Å². The maximum atomic E-state index is 12.2. The Hall–Kier alpha value is -0.690. The summed E-state index contributed by atoms with van der Waals surface area (Å²) in [5.41, 5.74) is 5.92. The van der Waals surface area contributed by atoms with Crippen LogP contribution in [-0.2, 0) is 10.0 Å². The zero-order chi connectivity index (χ0) is 16.1. The lowest BCUT2D eigenvalue weighted by molar-refractivity contribution is 0.346. The Labute approximate surface area is 136 Å². The highest BCUT2D eigenvalue weighted by Gasteiger charge is 2.28. The molecular formula is C15H23BrN2O2S. The highest BCUT2D eigenvalue weighted by molar-refractivity contribution is 9.10. The van der Waals surface area contributed by atoms with Crippen LogP contribution in [0.15, 0.2) is 34.1 Å². The summed E-state index contributed by atoms with van der Waals surface area (Å²) in [6.07, 6.45) is 2.26. The molecule has 6 heteroatoms. The molecule has 4 nitrogen and oxygen atoms in total. The van der Waals surface area contributed by atoms with Gasteiger partial charge in [0.2, 0.25) is 10.0 Å². The first-order valence-electron chi connectivity index (χ1n) is 6.83. The number of benzene rings is 1. The van der Waals surface area contributed by atoms with Crippen molar-refractivity contribution >= 4 is 32.0 Å². The van der Waals surface area contributed by atoms with Gasteiger partial charge in [0.05, 0.1) is 0 Å². The van der Waals surface area contributed by atoms with Gasteiger partial charge in [-0.3, -0.25) is 0 Å². The van der Waals surface area contributed by atoms with E-state index in [9.17, 15) is 8.42 Å². The van der Waals surface area contributed by atoms with Gasteiger partial charge in [-0.1, -0.05) is 41.9 Å². The summed E-state index contributed by atoms with van der Waals surface area (Å²) < 4.78 is 28.0. The van der Waals surface area contributed by atoms with Gasteiger partial charge < -0.3 is 5.73 Å². The van der Waals surface area contributed by atoms with Crippen molar-refractivity contribution in [3.8, 4) is 0 Å². The van der Waals surface area contributed by atoms with Crippen LogP contribution in [0.3, 0.4) is 0 Å². The number of nitrogens with two attached hydrogens (primary N) is 1. The minimum atomic E-state index is -3.53. The second-order valence-corrected chi connectivity index (χ2v) is 8.35. The first-order valence-corrected chi connectivity index (χ1v) is 9.17. The van der Waals surface area contributed by atoms with Gasteiger partial charge in [-0.2, -0.15) is 0 Å². The standard InChI is InChI=1S/C15H23BrN2O2S/c1-12(2)10-15(3,11-17)18-21(19,20)9-8-13-4-6-14(16)7-5-13/h4-9,12,18H,10-11,17H2,1-3H3/b9-8+. The van der Waals surface area contributed by atoms with Crippen molar-refractivity contribution in [1.29, 1.82) is 0 Å². The van der Waals surface area contributed by atoms with Gasteiger partial charge in [0.15, 0.2) is 0 Å². The van der Waals surface area contributed by atoms with E-state index in [1.807, 2.05) is 45.0 Å². The van der Waals surface area contributed by atoms with E-state index in [2.05, 4.69) is 20.7 Å². The van der Waals surface area contributed by atoms with Crippen molar-refractivity contribution in [2.75, 3.05) is 6.54 Å². The van der Waals surface area contributed by atoms with E-state index < -0.39 is 15.6 Å². The molecule has 0 saturated heterocycles. The number of hydrogen-bond donors (Lipinski definition) is 2. The Morgan fingerprint density at radius 1 is 1.33 bits per heavy atom. The van der Waals surface area contributed by atoms with Gasteiger partial charge in [-0.15, -0.1) is 0 Å². The maximum absolute atomic E-state index is 12.2. The van der Waals surface area contributed by atoms with Crippen molar-refractivity contribution in [2.45, 2.75) is 32.7 Å². The van der Waals surface area contributed by atoms with Crippen molar-refractivity contribution in [1.82, 2.24) is 4.72 Å². The Morgan fingerprint density at radius 3 is 2.38 bits per heavy atom. The van der Waals surface area contributed by atoms with Crippen LogP contribution in [-0.4, -0.2) is 20.5 Å².